The Bertz CT molecular complexity index is 1180. The maximum atomic E-state index is 13.1. The highest BCUT2D eigenvalue weighted by Crippen LogP contribution is 2.36. The number of urea groups is 1. The summed E-state index contributed by atoms with van der Waals surface area (Å²) in [4.78, 5) is 30.5. The van der Waals surface area contributed by atoms with Crippen LogP contribution in [0.2, 0.25) is 0 Å². The molecule has 1 aromatic carbocycles. The van der Waals surface area contributed by atoms with Gasteiger partial charge in [-0.2, -0.15) is 4.31 Å². The van der Waals surface area contributed by atoms with Gasteiger partial charge in [-0.15, -0.1) is 0 Å². The van der Waals surface area contributed by atoms with Crippen LogP contribution in [0.15, 0.2) is 28.6 Å². The van der Waals surface area contributed by atoms with Crippen LogP contribution in [0.25, 0.3) is 6.08 Å². The topological polar surface area (TPSA) is 125 Å². The van der Waals surface area contributed by atoms with Gasteiger partial charge in [0.05, 0.1) is 0 Å². The summed E-state index contributed by atoms with van der Waals surface area (Å²) in [6.45, 7) is 4.73. The van der Waals surface area contributed by atoms with Gasteiger partial charge in [-0.05, 0) is 67.4 Å². The van der Waals surface area contributed by atoms with Gasteiger partial charge in [0.2, 0.25) is 10.0 Å². The van der Waals surface area contributed by atoms with E-state index in [0.717, 1.165) is 48.6 Å². The Morgan fingerprint density at radius 1 is 1.25 bits per heavy atom. The number of aryl methyl sites for hydroxylation is 1. The number of hydrogen-bond donors (Lipinski definition) is 2. The van der Waals surface area contributed by atoms with Crippen LogP contribution < -0.4 is 16.0 Å². The highest BCUT2D eigenvalue weighted by Gasteiger charge is 2.48. The van der Waals surface area contributed by atoms with Crippen LogP contribution in [0, 0.1) is 11.8 Å². The van der Waals surface area contributed by atoms with Crippen molar-refractivity contribution < 1.29 is 18.0 Å². The molecule has 3 amide bonds. The van der Waals surface area contributed by atoms with Gasteiger partial charge in [-0.3, -0.25) is 14.7 Å². The molecule has 3 N–H and O–H groups in total. The van der Waals surface area contributed by atoms with Crippen molar-refractivity contribution in [3.63, 3.8) is 0 Å². The molecule has 2 heterocycles. The lowest BCUT2D eigenvalue weighted by Crippen LogP contribution is -2.50. The first-order valence-corrected chi connectivity index (χ1v) is 14.3. The molecule has 2 aliphatic heterocycles. The predicted molar refractivity (Wildman–Crippen MR) is 142 cm³/mol. The van der Waals surface area contributed by atoms with Crippen molar-refractivity contribution >= 4 is 39.6 Å². The highest BCUT2D eigenvalue weighted by molar-refractivity contribution is 7.92. The number of hydrogen-bond acceptors (Lipinski definition) is 5. The number of carbonyl (C=O) groups is 2. The molecule has 4 rings (SSSR count). The Morgan fingerprint density at radius 3 is 2.53 bits per heavy atom. The number of primary amides is 1. The Balaban J connectivity index is 1.43. The monoisotopic (exact) mass is 515 g/mol. The summed E-state index contributed by atoms with van der Waals surface area (Å²) in [5, 5.41) is 4.25. The second-order valence-corrected chi connectivity index (χ2v) is 12.1. The first kappa shape index (κ1) is 26.3. The van der Waals surface area contributed by atoms with Gasteiger partial charge >= 0.3 is 6.03 Å². The summed E-state index contributed by atoms with van der Waals surface area (Å²) in [6.07, 6.45) is 7.41. The van der Waals surface area contributed by atoms with E-state index in [1.54, 1.807) is 25.3 Å². The Hall–Kier alpha value is -2.72. The van der Waals surface area contributed by atoms with Crippen LogP contribution in [0.4, 0.5) is 10.5 Å². The Labute approximate surface area is 213 Å². The highest BCUT2D eigenvalue weighted by atomic mass is 32.2. The van der Waals surface area contributed by atoms with Crippen molar-refractivity contribution in [2.75, 3.05) is 25.0 Å². The molecule has 0 bridgehead atoms. The van der Waals surface area contributed by atoms with Gasteiger partial charge in [0.25, 0.3) is 5.91 Å². The first-order valence-electron chi connectivity index (χ1n) is 12.8. The smallest absolute Gasteiger partial charge is 0.318 e. The molecule has 36 heavy (non-hydrogen) atoms. The second kappa shape index (κ2) is 10.3. The third-order valence-corrected chi connectivity index (χ3v) is 9.52. The molecule has 1 aromatic rings. The van der Waals surface area contributed by atoms with E-state index >= 15 is 0 Å². The van der Waals surface area contributed by atoms with Crippen molar-refractivity contribution in [3.8, 4) is 0 Å². The fraction of sp³-hybridized carbons (Fsp3) is 0.577. The number of nitrogens with one attached hydrogen (secondary N) is 1. The van der Waals surface area contributed by atoms with Gasteiger partial charge in [0, 0.05) is 37.2 Å². The average Bonchev–Trinajstić information content (AvgIpc) is 3.18. The molecule has 0 radical (unpaired) electrons. The summed E-state index contributed by atoms with van der Waals surface area (Å²) < 4.78 is 27.6. The van der Waals surface area contributed by atoms with Crippen LogP contribution in [-0.4, -0.2) is 56.2 Å². The number of amidine groups is 1. The zero-order chi connectivity index (χ0) is 26.1. The lowest BCUT2D eigenvalue weighted by molar-refractivity contribution is -0.125. The van der Waals surface area contributed by atoms with E-state index in [-0.39, 0.29) is 19.0 Å². The van der Waals surface area contributed by atoms with E-state index in [1.165, 1.54) is 14.6 Å². The number of benzene rings is 1. The third-order valence-electron chi connectivity index (χ3n) is 7.96. The fourth-order valence-electron chi connectivity index (χ4n) is 5.36. The van der Waals surface area contributed by atoms with Gasteiger partial charge in [-0.25, -0.2) is 13.2 Å². The molecule has 196 valence electrons. The van der Waals surface area contributed by atoms with E-state index in [0.29, 0.717) is 30.9 Å². The number of nitrogens with zero attached hydrogens (tertiary/aromatic N) is 3. The van der Waals surface area contributed by atoms with Gasteiger partial charge in [-0.1, -0.05) is 32.8 Å². The average molecular weight is 516 g/mol. The molecule has 1 spiro atoms. The minimum Gasteiger partial charge on any atom is -0.351 e. The fourth-order valence-corrected chi connectivity index (χ4v) is 6.54. The van der Waals surface area contributed by atoms with Crippen LogP contribution >= 0.6 is 0 Å². The number of rotatable bonds is 6. The van der Waals surface area contributed by atoms with Crippen molar-refractivity contribution in [1.29, 1.82) is 0 Å². The Morgan fingerprint density at radius 2 is 1.92 bits per heavy atom. The van der Waals surface area contributed by atoms with E-state index < -0.39 is 21.6 Å². The lowest BCUT2D eigenvalue weighted by atomic mass is 9.82. The van der Waals surface area contributed by atoms with Crippen molar-refractivity contribution in [1.82, 2.24) is 9.62 Å². The molecule has 1 saturated heterocycles. The molecule has 0 aromatic heterocycles. The number of aliphatic imine (C=N–C) groups is 1. The summed E-state index contributed by atoms with van der Waals surface area (Å²) >= 11 is 0. The van der Waals surface area contributed by atoms with Crippen molar-refractivity contribution in [2.24, 2.45) is 22.6 Å². The van der Waals surface area contributed by atoms with Gasteiger partial charge in [0.15, 0.2) is 0 Å². The summed E-state index contributed by atoms with van der Waals surface area (Å²) in [5.74, 6) is 1.74. The number of sulfonamides is 1. The number of piperidine rings is 1. The van der Waals surface area contributed by atoms with Crippen molar-refractivity contribution in [3.05, 3.63) is 34.7 Å². The minimum atomic E-state index is -3.66. The zero-order valence-electron chi connectivity index (χ0n) is 21.4. The molecular formula is C26H37N5O4S. The predicted octanol–water partition coefficient (Wildman–Crippen LogP) is 3.25. The molecular weight excluding hydrogens is 478 g/mol. The molecule has 2 fully saturated rings. The zero-order valence-corrected chi connectivity index (χ0v) is 22.2. The van der Waals surface area contributed by atoms with Crippen LogP contribution in [-0.2, 0) is 21.2 Å². The van der Waals surface area contributed by atoms with Gasteiger partial charge < -0.3 is 11.1 Å². The van der Waals surface area contributed by atoms with Gasteiger partial charge in [0.1, 0.15) is 11.4 Å². The SMILES string of the molecule is CCc1cc(N(C)C(N)=O)ccc1C=CS(=O)(=O)N1CCC2(CC1)N=C(C1CCC(C)CC1)NC2=O. The second-order valence-electron chi connectivity index (χ2n) is 10.3. The summed E-state index contributed by atoms with van der Waals surface area (Å²) in [7, 11) is -2.07. The molecule has 0 atom stereocenters. The van der Waals surface area contributed by atoms with Crippen LogP contribution in [0.1, 0.15) is 63.5 Å². The third kappa shape index (κ3) is 5.34. The molecule has 3 aliphatic rings. The standard InChI is InChI=1S/C26H37N5O4S/c1-4-19-17-22(30(3)25(27)33)10-9-20(19)11-16-36(34,35)31-14-12-26(13-15-31)24(32)28-23(29-26)21-7-5-18(2)6-8-21/h9-11,16-18,21H,4-8,12-15H2,1-3H3,(H2,27,33)(H,28,29,32). The molecule has 1 saturated carbocycles. The Kier molecular flexibility index (Phi) is 7.56. The van der Waals surface area contributed by atoms with E-state index in [9.17, 15) is 18.0 Å². The lowest BCUT2D eigenvalue weighted by Gasteiger charge is -2.34. The maximum Gasteiger partial charge on any atom is 0.318 e. The van der Waals surface area contributed by atoms with E-state index in [1.807, 2.05) is 13.0 Å². The largest absolute Gasteiger partial charge is 0.351 e. The first-order chi connectivity index (χ1) is 17.0. The minimum absolute atomic E-state index is 0.0858. The van der Waals surface area contributed by atoms with Crippen LogP contribution in [0.5, 0.6) is 0 Å². The molecule has 9 nitrogen and oxygen atoms in total. The number of carbonyl (C=O) groups excluding carboxylic acids is 2. The number of amides is 3. The molecule has 0 unspecified atom stereocenters. The maximum absolute atomic E-state index is 13.1. The summed E-state index contributed by atoms with van der Waals surface area (Å²) in [5.41, 5.74) is 6.84. The van der Waals surface area contributed by atoms with Crippen molar-refractivity contribution in [2.45, 2.75) is 64.3 Å². The molecule has 10 heteroatoms. The van der Waals surface area contributed by atoms with E-state index in [4.69, 9.17) is 10.7 Å². The molecule has 1 aliphatic carbocycles. The number of nitrogens with two attached hydrogens (primary N) is 1. The quantitative estimate of drug-likeness (QED) is 0.603. The van der Waals surface area contributed by atoms with Crippen LogP contribution in [0.3, 0.4) is 0 Å². The number of anilines is 1. The normalized spacial score (nSPS) is 24.6. The summed E-state index contributed by atoms with van der Waals surface area (Å²) in [6, 6.07) is 4.80. The van der Waals surface area contributed by atoms with E-state index in [2.05, 4.69) is 12.2 Å².